The first-order valence-corrected chi connectivity index (χ1v) is 9.72. The van der Waals surface area contributed by atoms with Gasteiger partial charge in [-0.15, -0.1) is 5.10 Å². The minimum atomic E-state index is -0.561. The molecule has 0 spiro atoms. The highest BCUT2D eigenvalue weighted by Gasteiger charge is 2.32. The Morgan fingerprint density at radius 2 is 2.17 bits per heavy atom. The Balaban J connectivity index is 1.44. The van der Waals surface area contributed by atoms with Crippen LogP contribution in [0.15, 0.2) is 40.8 Å². The molecule has 1 atom stereocenters. The highest BCUT2D eigenvalue weighted by Crippen LogP contribution is 2.18. The van der Waals surface area contributed by atoms with Gasteiger partial charge in [-0.1, -0.05) is 6.07 Å². The number of anilines is 1. The molecule has 1 saturated heterocycles. The van der Waals surface area contributed by atoms with E-state index in [0.717, 1.165) is 17.2 Å². The van der Waals surface area contributed by atoms with Crippen LogP contribution in [0.2, 0.25) is 0 Å². The SMILES string of the molecule is Cc1ccc(CN2CCNC(=O)C2CC(=O)Nc2cccc(-n3nnnc3C)c2)o1. The monoisotopic (exact) mass is 409 g/mol. The van der Waals surface area contributed by atoms with Crippen LogP contribution in [-0.4, -0.2) is 56.1 Å². The molecule has 10 heteroatoms. The summed E-state index contributed by atoms with van der Waals surface area (Å²) in [4.78, 5) is 27.1. The third kappa shape index (κ3) is 4.38. The zero-order chi connectivity index (χ0) is 21.1. The average molecular weight is 409 g/mol. The van der Waals surface area contributed by atoms with Crippen molar-refractivity contribution >= 4 is 17.5 Å². The number of carbonyl (C=O) groups excluding carboxylic acids is 2. The second-order valence-electron chi connectivity index (χ2n) is 7.23. The van der Waals surface area contributed by atoms with E-state index in [1.165, 1.54) is 0 Å². The molecule has 1 fully saturated rings. The molecule has 2 N–H and O–H groups in total. The van der Waals surface area contributed by atoms with E-state index < -0.39 is 6.04 Å². The van der Waals surface area contributed by atoms with E-state index in [1.807, 2.05) is 36.1 Å². The summed E-state index contributed by atoms with van der Waals surface area (Å²) in [6.45, 7) is 5.35. The second kappa shape index (κ2) is 8.46. The molecular formula is C20H23N7O3. The van der Waals surface area contributed by atoms with Crippen molar-refractivity contribution in [1.82, 2.24) is 30.4 Å². The van der Waals surface area contributed by atoms with Crippen LogP contribution >= 0.6 is 0 Å². The number of tetrazole rings is 1. The lowest BCUT2D eigenvalue weighted by Crippen LogP contribution is -2.55. The van der Waals surface area contributed by atoms with Crippen molar-refractivity contribution in [1.29, 1.82) is 0 Å². The summed E-state index contributed by atoms with van der Waals surface area (Å²) in [5.41, 5.74) is 1.34. The van der Waals surface area contributed by atoms with Crippen molar-refractivity contribution < 1.29 is 14.0 Å². The zero-order valence-corrected chi connectivity index (χ0v) is 16.8. The Labute approximate surface area is 173 Å². The fraction of sp³-hybridized carbons (Fsp3) is 0.350. The maximum Gasteiger partial charge on any atom is 0.237 e. The van der Waals surface area contributed by atoms with Gasteiger partial charge in [0.05, 0.1) is 24.7 Å². The summed E-state index contributed by atoms with van der Waals surface area (Å²) in [7, 11) is 0. The molecule has 1 unspecified atom stereocenters. The average Bonchev–Trinajstić information content (AvgIpc) is 3.32. The van der Waals surface area contributed by atoms with Crippen LogP contribution in [0.3, 0.4) is 0 Å². The molecule has 0 bridgehead atoms. The Morgan fingerprint density at radius 1 is 1.30 bits per heavy atom. The van der Waals surface area contributed by atoms with E-state index in [4.69, 9.17) is 4.42 Å². The highest BCUT2D eigenvalue weighted by atomic mass is 16.3. The van der Waals surface area contributed by atoms with E-state index >= 15 is 0 Å². The van der Waals surface area contributed by atoms with E-state index in [0.29, 0.717) is 31.1 Å². The molecule has 0 radical (unpaired) electrons. The Hall–Kier alpha value is -3.53. The Morgan fingerprint density at radius 3 is 2.90 bits per heavy atom. The van der Waals surface area contributed by atoms with E-state index in [-0.39, 0.29) is 18.2 Å². The molecule has 0 aliphatic carbocycles. The number of carbonyl (C=O) groups is 2. The number of furan rings is 1. The van der Waals surface area contributed by atoms with Crippen molar-refractivity contribution in [3.05, 3.63) is 53.7 Å². The van der Waals surface area contributed by atoms with Gasteiger partial charge < -0.3 is 15.1 Å². The Bertz CT molecular complexity index is 1060. The van der Waals surface area contributed by atoms with Gasteiger partial charge in [0.1, 0.15) is 11.5 Å². The van der Waals surface area contributed by atoms with Gasteiger partial charge in [0, 0.05) is 18.8 Å². The van der Waals surface area contributed by atoms with Crippen LogP contribution < -0.4 is 10.6 Å². The van der Waals surface area contributed by atoms with Gasteiger partial charge in [-0.2, -0.15) is 4.68 Å². The molecule has 3 aromatic rings. The van der Waals surface area contributed by atoms with Gasteiger partial charge in [-0.25, -0.2) is 0 Å². The molecule has 10 nitrogen and oxygen atoms in total. The summed E-state index contributed by atoms with van der Waals surface area (Å²) >= 11 is 0. The fourth-order valence-electron chi connectivity index (χ4n) is 3.52. The molecule has 4 rings (SSSR count). The van der Waals surface area contributed by atoms with Crippen molar-refractivity contribution in [3.8, 4) is 5.69 Å². The molecule has 1 aliphatic rings. The molecule has 2 amide bonds. The smallest absolute Gasteiger partial charge is 0.237 e. The normalized spacial score (nSPS) is 17.0. The summed E-state index contributed by atoms with van der Waals surface area (Å²) in [6, 6.07) is 10.4. The number of nitrogens with one attached hydrogen (secondary N) is 2. The van der Waals surface area contributed by atoms with Crippen molar-refractivity contribution in [2.45, 2.75) is 32.9 Å². The molecule has 1 aromatic carbocycles. The number of aromatic nitrogens is 4. The molecule has 2 aromatic heterocycles. The Kier molecular flexibility index (Phi) is 5.57. The van der Waals surface area contributed by atoms with Gasteiger partial charge >= 0.3 is 0 Å². The van der Waals surface area contributed by atoms with Crippen molar-refractivity contribution in [3.63, 3.8) is 0 Å². The summed E-state index contributed by atoms with van der Waals surface area (Å²) in [6.07, 6.45) is 0.0413. The molecule has 30 heavy (non-hydrogen) atoms. The van der Waals surface area contributed by atoms with E-state index in [9.17, 15) is 9.59 Å². The topological polar surface area (TPSA) is 118 Å². The van der Waals surface area contributed by atoms with E-state index in [2.05, 4.69) is 26.2 Å². The molecular weight excluding hydrogens is 386 g/mol. The first-order valence-electron chi connectivity index (χ1n) is 9.72. The zero-order valence-electron chi connectivity index (χ0n) is 16.8. The first kappa shape index (κ1) is 19.8. The van der Waals surface area contributed by atoms with Crippen LogP contribution in [0.1, 0.15) is 23.8 Å². The number of amides is 2. The number of benzene rings is 1. The van der Waals surface area contributed by atoms with Gasteiger partial charge in [0.2, 0.25) is 11.8 Å². The highest BCUT2D eigenvalue weighted by molar-refractivity contribution is 5.95. The molecule has 1 aliphatic heterocycles. The lowest BCUT2D eigenvalue weighted by Gasteiger charge is -2.34. The number of hydrogen-bond acceptors (Lipinski definition) is 7. The molecule has 156 valence electrons. The minimum absolute atomic E-state index is 0.0413. The van der Waals surface area contributed by atoms with Gasteiger partial charge in [0.15, 0.2) is 5.82 Å². The van der Waals surface area contributed by atoms with Crippen LogP contribution in [-0.2, 0) is 16.1 Å². The van der Waals surface area contributed by atoms with Gasteiger partial charge in [0.25, 0.3) is 0 Å². The van der Waals surface area contributed by atoms with Crippen molar-refractivity contribution in [2.75, 3.05) is 18.4 Å². The fourth-order valence-corrected chi connectivity index (χ4v) is 3.52. The third-order valence-corrected chi connectivity index (χ3v) is 4.98. The van der Waals surface area contributed by atoms with Crippen molar-refractivity contribution in [2.24, 2.45) is 0 Å². The second-order valence-corrected chi connectivity index (χ2v) is 7.23. The summed E-state index contributed by atoms with van der Waals surface area (Å²) < 4.78 is 7.22. The number of nitrogens with zero attached hydrogens (tertiary/aromatic N) is 5. The lowest BCUT2D eigenvalue weighted by molar-refractivity contribution is -0.132. The minimum Gasteiger partial charge on any atom is -0.465 e. The van der Waals surface area contributed by atoms with Gasteiger partial charge in [-0.05, 0) is 54.6 Å². The predicted molar refractivity (Wildman–Crippen MR) is 108 cm³/mol. The molecule has 0 saturated carbocycles. The summed E-state index contributed by atoms with van der Waals surface area (Å²) in [5.74, 6) is 1.83. The first-order chi connectivity index (χ1) is 14.5. The van der Waals surface area contributed by atoms with Crippen LogP contribution in [0, 0.1) is 13.8 Å². The van der Waals surface area contributed by atoms with Crippen LogP contribution in [0.5, 0.6) is 0 Å². The third-order valence-electron chi connectivity index (χ3n) is 4.98. The lowest BCUT2D eigenvalue weighted by atomic mass is 10.1. The summed E-state index contributed by atoms with van der Waals surface area (Å²) in [5, 5.41) is 17.2. The number of hydrogen-bond donors (Lipinski definition) is 2. The number of rotatable bonds is 6. The number of piperazine rings is 1. The van der Waals surface area contributed by atoms with Gasteiger partial charge in [-0.3, -0.25) is 14.5 Å². The van der Waals surface area contributed by atoms with Crippen LogP contribution in [0.25, 0.3) is 5.69 Å². The predicted octanol–water partition coefficient (Wildman–Crippen LogP) is 1.20. The van der Waals surface area contributed by atoms with E-state index in [1.54, 1.807) is 23.7 Å². The quantitative estimate of drug-likeness (QED) is 0.628. The molecule has 3 heterocycles. The standard InChI is InChI=1S/C20H23N7O3/c1-13-6-7-17(30-13)12-26-9-8-21-20(29)18(26)11-19(28)22-15-4-3-5-16(10-15)27-14(2)23-24-25-27/h3-7,10,18H,8-9,11-12H2,1-2H3,(H,21,29)(H,22,28). The van der Waals surface area contributed by atoms with Crippen LogP contribution in [0.4, 0.5) is 5.69 Å². The number of aryl methyl sites for hydroxylation is 2. The largest absolute Gasteiger partial charge is 0.465 e. The maximum atomic E-state index is 12.7. The maximum absolute atomic E-state index is 12.7.